The Kier molecular flexibility index (Phi) is 7.43. The molecule has 36 heavy (non-hydrogen) atoms. The number of nitrogens with one attached hydrogen (secondary N) is 1. The van der Waals surface area contributed by atoms with Crippen LogP contribution in [0.3, 0.4) is 0 Å². The van der Waals surface area contributed by atoms with E-state index in [0.717, 1.165) is 67.3 Å². The van der Waals surface area contributed by atoms with Gasteiger partial charge >= 0.3 is 0 Å². The summed E-state index contributed by atoms with van der Waals surface area (Å²) in [5.41, 5.74) is 7.87. The topological polar surface area (TPSA) is 45.2 Å². The van der Waals surface area contributed by atoms with E-state index in [1.807, 2.05) is 6.20 Å². The molecule has 0 radical (unpaired) electrons. The summed E-state index contributed by atoms with van der Waals surface area (Å²) in [6.45, 7) is 11.2. The molecule has 0 atom stereocenters. The van der Waals surface area contributed by atoms with E-state index in [-0.39, 0.29) is 11.7 Å². The van der Waals surface area contributed by atoms with Gasteiger partial charge in [-0.15, -0.1) is 0 Å². The summed E-state index contributed by atoms with van der Waals surface area (Å²) < 4.78 is 0. The molecule has 3 aromatic rings. The minimum atomic E-state index is 0.176. The number of ketones is 1. The number of hydrogen-bond acceptors (Lipinski definition) is 4. The van der Waals surface area contributed by atoms with Crippen molar-refractivity contribution in [2.45, 2.75) is 84.7 Å². The highest BCUT2D eigenvalue weighted by atomic mass is 16.1. The van der Waals surface area contributed by atoms with Gasteiger partial charge in [-0.1, -0.05) is 45.0 Å². The van der Waals surface area contributed by atoms with Gasteiger partial charge in [-0.05, 0) is 99.3 Å². The van der Waals surface area contributed by atoms with Crippen LogP contribution in [0.4, 0.5) is 5.69 Å². The first-order valence-corrected chi connectivity index (χ1v) is 14.1. The fourth-order valence-electron chi connectivity index (χ4n) is 6.04. The van der Waals surface area contributed by atoms with Gasteiger partial charge in [0.2, 0.25) is 0 Å². The van der Waals surface area contributed by atoms with Crippen LogP contribution in [-0.2, 0) is 6.42 Å². The Hall–Kier alpha value is -2.72. The normalized spacial score (nSPS) is 20.1. The molecule has 5 rings (SSSR count). The zero-order valence-electron chi connectivity index (χ0n) is 22.4. The SMILES string of the molecule is CCc1cc(-c2ccc3ncc(C(=O)C4CC4)c(NC4CCC(N(CC)CC)CC4)c3c2)ccc1C. The maximum atomic E-state index is 13.3. The van der Waals surface area contributed by atoms with Crippen LogP contribution >= 0.6 is 0 Å². The molecule has 2 fully saturated rings. The molecule has 190 valence electrons. The molecular weight excluding hydrogens is 442 g/mol. The minimum Gasteiger partial charge on any atom is -0.381 e. The van der Waals surface area contributed by atoms with E-state index in [9.17, 15) is 4.79 Å². The summed E-state index contributed by atoms with van der Waals surface area (Å²) in [4.78, 5) is 20.7. The van der Waals surface area contributed by atoms with Gasteiger partial charge in [-0.2, -0.15) is 0 Å². The number of carbonyl (C=O) groups excluding carboxylic acids is 1. The zero-order chi connectivity index (χ0) is 25.2. The maximum absolute atomic E-state index is 13.3. The van der Waals surface area contributed by atoms with Gasteiger partial charge in [-0.25, -0.2) is 0 Å². The van der Waals surface area contributed by atoms with E-state index in [4.69, 9.17) is 4.98 Å². The largest absolute Gasteiger partial charge is 0.381 e. The Labute approximate surface area is 216 Å². The molecule has 0 amide bonds. The number of aryl methyl sites for hydroxylation is 2. The second-order valence-corrected chi connectivity index (χ2v) is 10.8. The van der Waals surface area contributed by atoms with Crippen LogP contribution in [0.1, 0.15) is 80.8 Å². The van der Waals surface area contributed by atoms with Crippen molar-refractivity contribution >= 4 is 22.4 Å². The van der Waals surface area contributed by atoms with Gasteiger partial charge in [0.15, 0.2) is 5.78 Å². The molecule has 0 bridgehead atoms. The fraction of sp³-hybridized carbons (Fsp3) is 0.500. The molecule has 0 unspecified atom stereocenters. The molecule has 1 heterocycles. The molecule has 2 saturated carbocycles. The van der Waals surface area contributed by atoms with E-state index < -0.39 is 0 Å². The summed E-state index contributed by atoms with van der Waals surface area (Å²) in [6, 6.07) is 14.3. The number of aromatic nitrogens is 1. The Balaban J connectivity index is 1.50. The first-order valence-electron chi connectivity index (χ1n) is 14.1. The summed E-state index contributed by atoms with van der Waals surface area (Å²) in [6.07, 6.45) is 9.57. The molecular formula is C32H41N3O. The smallest absolute Gasteiger partial charge is 0.169 e. The van der Waals surface area contributed by atoms with Crippen LogP contribution in [0.2, 0.25) is 0 Å². The number of nitrogens with zero attached hydrogens (tertiary/aromatic N) is 2. The Morgan fingerprint density at radius 1 is 0.944 bits per heavy atom. The first kappa shape index (κ1) is 25.0. The number of hydrogen-bond donors (Lipinski definition) is 1. The third-order valence-corrected chi connectivity index (χ3v) is 8.52. The van der Waals surface area contributed by atoms with Gasteiger partial charge < -0.3 is 10.2 Å². The average molecular weight is 484 g/mol. The van der Waals surface area contributed by atoms with Crippen molar-refractivity contribution in [3.8, 4) is 11.1 Å². The summed E-state index contributed by atoms with van der Waals surface area (Å²) >= 11 is 0. The number of benzene rings is 2. The van der Waals surface area contributed by atoms with Crippen molar-refractivity contribution in [3.05, 3.63) is 59.3 Å². The predicted molar refractivity (Wildman–Crippen MR) is 151 cm³/mol. The lowest BCUT2D eigenvalue weighted by Crippen LogP contribution is -2.40. The maximum Gasteiger partial charge on any atom is 0.169 e. The van der Waals surface area contributed by atoms with Crippen LogP contribution in [-0.4, -0.2) is 40.8 Å². The van der Waals surface area contributed by atoms with Crippen LogP contribution in [0.25, 0.3) is 22.0 Å². The van der Waals surface area contributed by atoms with Crippen molar-refractivity contribution in [2.75, 3.05) is 18.4 Å². The van der Waals surface area contributed by atoms with Crippen molar-refractivity contribution in [3.63, 3.8) is 0 Å². The summed E-state index contributed by atoms with van der Waals surface area (Å²) in [7, 11) is 0. The lowest BCUT2D eigenvalue weighted by molar-refractivity contribution is 0.0968. The summed E-state index contributed by atoms with van der Waals surface area (Å²) in [5, 5.41) is 4.96. The second-order valence-electron chi connectivity index (χ2n) is 10.8. The van der Waals surface area contributed by atoms with E-state index in [2.05, 4.69) is 74.3 Å². The van der Waals surface area contributed by atoms with Crippen LogP contribution < -0.4 is 5.32 Å². The lowest BCUT2D eigenvalue weighted by atomic mass is 9.89. The Bertz CT molecular complexity index is 1230. The van der Waals surface area contributed by atoms with Crippen LogP contribution in [0, 0.1) is 12.8 Å². The number of anilines is 1. The summed E-state index contributed by atoms with van der Waals surface area (Å²) in [5.74, 6) is 0.438. The molecule has 2 aliphatic carbocycles. The third kappa shape index (κ3) is 5.06. The van der Waals surface area contributed by atoms with E-state index in [1.54, 1.807) is 0 Å². The van der Waals surface area contributed by atoms with Crippen molar-refractivity contribution < 1.29 is 4.79 Å². The number of fused-ring (bicyclic) bond motifs is 1. The minimum absolute atomic E-state index is 0.176. The van der Waals surface area contributed by atoms with Gasteiger partial charge in [-0.3, -0.25) is 9.78 Å². The van der Waals surface area contributed by atoms with E-state index in [1.165, 1.54) is 35.1 Å². The molecule has 0 spiro atoms. The Morgan fingerprint density at radius 2 is 1.64 bits per heavy atom. The monoisotopic (exact) mass is 483 g/mol. The van der Waals surface area contributed by atoms with Gasteiger partial charge in [0.1, 0.15) is 0 Å². The highest BCUT2D eigenvalue weighted by Crippen LogP contribution is 2.39. The third-order valence-electron chi connectivity index (χ3n) is 8.52. The quantitative estimate of drug-likeness (QED) is 0.321. The van der Waals surface area contributed by atoms with E-state index >= 15 is 0 Å². The van der Waals surface area contributed by atoms with Gasteiger partial charge in [0, 0.05) is 29.6 Å². The predicted octanol–water partition coefficient (Wildman–Crippen LogP) is 7.43. The molecule has 0 aliphatic heterocycles. The standard InChI is InChI=1S/C32H41N3O/c1-5-22-18-24(9-8-21(22)4)25-12-17-30-28(19-25)31(29(20-33-30)32(36)23-10-11-23)34-26-13-15-27(16-14-26)35(6-2)7-3/h8-9,12,17-20,23,26-27H,5-7,10-11,13-16H2,1-4H3,(H,33,34). The average Bonchev–Trinajstić information content (AvgIpc) is 3.76. The highest BCUT2D eigenvalue weighted by molar-refractivity contribution is 6.10. The van der Waals surface area contributed by atoms with Crippen molar-refractivity contribution in [2.24, 2.45) is 5.92 Å². The Morgan fingerprint density at radius 3 is 2.31 bits per heavy atom. The molecule has 4 nitrogen and oxygen atoms in total. The molecule has 1 aromatic heterocycles. The number of pyridine rings is 1. The fourth-order valence-corrected chi connectivity index (χ4v) is 6.04. The zero-order valence-corrected chi connectivity index (χ0v) is 22.4. The van der Waals surface area contributed by atoms with E-state index in [0.29, 0.717) is 12.1 Å². The highest BCUT2D eigenvalue weighted by Gasteiger charge is 2.33. The second kappa shape index (κ2) is 10.7. The number of Topliss-reactive ketones (excluding diaryl/α,β-unsaturated/α-hetero) is 1. The molecule has 4 heteroatoms. The molecule has 2 aromatic carbocycles. The molecule has 1 N–H and O–H groups in total. The van der Waals surface area contributed by atoms with Crippen LogP contribution in [0.5, 0.6) is 0 Å². The molecule has 0 saturated heterocycles. The van der Waals surface area contributed by atoms with Crippen molar-refractivity contribution in [1.82, 2.24) is 9.88 Å². The number of rotatable bonds is 9. The van der Waals surface area contributed by atoms with Gasteiger partial charge in [0.05, 0.1) is 16.8 Å². The van der Waals surface area contributed by atoms with Gasteiger partial charge in [0.25, 0.3) is 0 Å². The first-order chi connectivity index (χ1) is 17.5. The lowest BCUT2D eigenvalue weighted by Gasteiger charge is -2.36. The van der Waals surface area contributed by atoms with Crippen LogP contribution in [0.15, 0.2) is 42.6 Å². The number of carbonyl (C=O) groups is 1. The van der Waals surface area contributed by atoms with Crippen molar-refractivity contribution in [1.29, 1.82) is 0 Å². The molecule has 2 aliphatic rings.